The summed E-state index contributed by atoms with van der Waals surface area (Å²) >= 11 is 0. The van der Waals surface area contributed by atoms with Crippen LogP contribution in [-0.2, 0) is 28.8 Å². The van der Waals surface area contributed by atoms with Gasteiger partial charge in [-0.25, -0.2) is 9.78 Å². The fourth-order valence-electron chi connectivity index (χ4n) is 3.10. The topological polar surface area (TPSA) is 71.1 Å². The minimum Gasteiger partial charge on any atom is -0.468 e. The molecule has 0 bridgehead atoms. The highest BCUT2D eigenvalue weighted by molar-refractivity contribution is 5.95. The van der Waals surface area contributed by atoms with Gasteiger partial charge >= 0.3 is 11.9 Å². The normalized spacial score (nSPS) is 17.8. The van der Waals surface area contributed by atoms with Crippen LogP contribution in [0.1, 0.15) is 38.5 Å². The summed E-state index contributed by atoms with van der Waals surface area (Å²) in [5.41, 5.74) is -0.461. The van der Waals surface area contributed by atoms with E-state index in [1.54, 1.807) is 0 Å². The number of hydrogen-bond donors (Lipinski definition) is 0. The maximum absolute atomic E-state index is 12.1. The van der Waals surface area contributed by atoms with Crippen molar-refractivity contribution in [2.24, 2.45) is 11.3 Å². The summed E-state index contributed by atoms with van der Waals surface area (Å²) in [5, 5.41) is 0. The molecule has 0 atom stereocenters. The zero-order valence-electron chi connectivity index (χ0n) is 12.5. The van der Waals surface area contributed by atoms with Gasteiger partial charge in [-0.15, -0.1) is 0 Å². The molecule has 0 unspecified atom stereocenters. The van der Waals surface area contributed by atoms with E-state index in [1.807, 2.05) is 0 Å². The molecule has 6 heteroatoms. The highest BCUT2D eigenvalue weighted by Gasteiger charge is 2.49. The first-order valence-electron chi connectivity index (χ1n) is 6.92. The lowest BCUT2D eigenvalue weighted by molar-refractivity contribution is -0.277. The van der Waals surface area contributed by atoms with Gasteiger partial charge in [-0.3, -0.25) is 9.59 Å². The maximum Gasteiger partial charge on any atom is 0.320 e. The van der Waals surface area contributed by atoms with Crippen molar-refractivity contribution in [2.75, 3.05) is 27.9 Å². The highest BCUT2D eigenvalue weighted by Crippen LogP contribution is 2.46. The molecule has 1 aliphatic rings. The number of ether oxygens (including phenoxy) is 2. The van der Waals surface area contributed by atoms with E-state index in [0.29, 0.717) is 13.0 Å². The third-order valence-electron chi connectivity index (χ3n) is 4.14. The van der Waals surface area contributed by atoms with E-state index in [0.717, 1.165) is 32.1 Å². The van der Waals surface area contributed by atoms with E-state index in [-0.39, 0.29) is 0 Å². The van der Waals surface area contributed by atoms with Gasteiger partial charge in [-0.05, 0) is 24.7 Å². The molecule has 1 rings (SSSR count). The lowest BCUT2D eigenvalue weighted by Crippen LogP contribution is -2.44. The quantitative estimate of drug-likeness (QED) is 0.234. The number of hydrogen-bond acceptors (Lipinski definition) is 6. The van der Waals surface area contributed by atoms with Crippen molar-refractivity contribution < 1.29 is 28.8 Å². The van der Waals surface area contributed by atoms with E-state index in [2.05, 4.69) is 4.89 Å². The summed E-state index contributed by atoms with van der Waals surface area (Å²) in [7, 11) is 4.02. The van der Waals surface area contributed by atoms with Gasteiger partial charge in [0.15, 0.2) is 5.92 Å². The number of methoxy groups -OCH3 is 2. The Morgan fingerprint density at radius 2 is 1.55 bits per heavy atom. The smallest absolute Gasteiger partial charge is 0.320 e. The van der Waals surface area contributed by atoms with E-state index in [9.17, 15) is 9.59 Å². The van der Waals surface area contributed by atoms with Crippen LogP contribution in [0.5, 0.6) is 0 Å². The van der Waals surface area contributed by atoms with Crippen LogP contribution < -0.4 is 0 Å². The second kappa shape index (κ2) is 8.21. The average Bonchev–Trinajstić information content (AvgIpc) is 2.48. The number of rotatable bonds is 7. The van der Waals surface area contributed by atoms with Crippen LogP contribution in [0.2, 0.25) is 0 Å². The SMILES string of the molecule is COOCCC1(C(C(=O)OC)C(=O)OC)CCCCC1. The number of esters is 2. The molecule has 0 aliphatic heterocycles. The third kappa shape index (κ3) is 3.93. The molecule has 6 nitrogen and oxygen atoms in total. The summed E-state index contributed by atoms with van der Waals surface area (Å²) in [4.78, 5) is 33.6. The van der Waals surface area contributed by atoms with Gasteiger partial charge in [-0.2, -0.15) is 0 Å². The molecule has 0 heterocycles. The molecule has 20 heavy (non-hydrogen) atoms. The summed E-state index contributed by atoms with van der Waals surface area (Å²) < 4.78 is 9.62. The second-order valence-corrected chi connectivity index (χ2v) is 5.14. The van der Waals surface area contributed by atoms with Gasteiger partial charge in [0.25, 0.3) is 0 Å². The lowest BCUT2D eigenvalue weighted by atomic mass is 9.64. The molecular formula is C14H24O6. The van der Waals surface area contributed by atoms with Crippen LogP contribution in [-0.4, -0.2) is 39.9 Å². The Morgan fingerprint density at radius 1 is 1.00 bits per heavy atom. The Kier molecular flexibility index (Phi) is 6.95. The first-order chi connectivity index (χ1) is 9.61. The molecule has 0 aromatic heterocycles. The van der Waals surface area contributed by atoms with E-state index < -0.39 is 23.3 Å². The number of carbonyl (C=O) groups excluding carboxylic acids is 2. The van der Waals surface area contributed by atoms with Gasteiger partial charge in [-0.1, -0.05) is 19.3 Å². The fourth-order valence-corrected chi connectivity index (χ4v) is 3.10. The molecule has 0 radical (unpaired) electrons. The summed E-state index contributed by atoms with van der Waals surface area (Å²) in [6.45, 7) is 0.334. The Bertz CT molecular complexity index is 306. The largest absolute Gasteiger partial charge is 0.468 e. The molecule has 0 aromatic carbocycles. The molecule has 0 amide bonds. The van der Waals surface area contributed by atoms with E-state index in [1.165, 1.54) is 21.3 Å². The van der Waals surface area contributed by atoms with Crippen molar-refractivity contribution in [1.82, 2.24) is 0 Å². The molecule has 0 saturated heterocycles. The van der Waals surface area contributed by atoms with Gasteiger partial charge in [0.2, 0.25) is 0 Å². The van der Waals surface area contributed by atoms with Crippen LogP contribution in [0.15, 0.2) is 0 Å². The van der Waals surface area contributed by atoms with Crippen LogP contribution in [0.3, 0.4) is 0 Å². The summed E-state index contributed by atoms with van der Waals surface area (Å²) in [6.07, 6.45) is 5.22. The van der Waals surface area contributed by atoms with Crippen LogP contribution in [0.4, 0.5) is 0 Å². The standard InChI is InChI=1S/C14H24O6/c1-17-12(15)11(13(16)18-2)14(9-10-20-19-3)7-5-4-6-8-14/h11H,4-10H2,1-3H3. The molecule has 1 saturated carbocycles. The predicted molar refractivity (Wildman–Crippen MR) is 70.6 cm³/mol. The Balaban J connectivity index is 2.96. The van der Waals surface area contributed by atoms with Crippen LogP contribution in [0.25, 0.3) is 0 Å². The molecule has 0 N–H and O–H groups in total. The fraction of sp³-hybridized carbons (Fsp3) is 0.857. The van der Waals surface area contributed by atoms with Crippen molar-refractivity contribution in [1.29, 1.82) is 0 Å². The van der Waals surface area contributed by atoms with Crippen molar-refractivity contribution in [3.05, 3.63) is 0 Å². The second-order valence-electron chi connectivity index (χ2n) is 5.14. The zero-order valence-corrected chi connectivity index (χ0v) is 12.5. The Labute approximate surface area is 119 Å². The first kappa shape index (κ1) is 16.9. The molecular weight excluding hydrogens is 264 g/mol. The minimum absolute atomic E-state index is 0.334. The molecule has 1 fully saturated rings. The van der Waals surface area contributed by atoms with Crippen molar-refractivity contribution in [2.45, 2.75) is 38.5 Å². The maximum atomic E-state index is 12.1. The first-order valence-corrected chi connectivity index (χ1v) is 6.92. The molecule has 116 valence electrons. The predicted octanol–water partition coefficient (Wildman–Crippen LogP) is 1.87. The van der Waals surface area contributed by atoms with Crippen molar-refractivity contribution in [3.63, 3.8) is 0 Å². The van der Waals surface area contributed by atoms with Gasteiger partial charge < -0.3 is 9.47 Å². The Hall–Kier alpha value is -1.14. The average molecular weight is 288 g/mol. The monoisotopic (exact) mass is 288 g/mol. The molecule has 0 aromatic rings. The molecule has 1 aliphatic carbocycles. The van der Waals surface area contributed by atoms with Gasteiger partial charge in [0.05, 0.1) is 27.9 Å². The lowest BCUT2D eigenvalue weighted by Gasteiger charge is -2.40. The minimum atomic E-state index is -0.891. The van der Waals surface area contributed by atoms with E-state index in [4.69, 9.17) is 14.4 Å². The van der Waals surface area contributed by atoms with Crippen LogP contribution >= 0.6 is 0 Å². The van der Waals surface area contributed by atoms with Gasteiger partial charge in [0.1, 0.15) is 0 Å². The van der Waals surface area contributed by atoms with Gasteiger partial charge in [0, 0.05) is 0 Å². The van der Waals surface area contributed by atoms with Crippen LogP contribution in [0, 0.1) is 11.3 Å². The summed E-state index contributed by atoms with van der Waals surface area (Å²) in [5.74, 6) is -1.95. The Morgan fingerprint density at radius 3 is 2.00 bits per heavy atom. The number of carbonyl (C=O) groups is 2. The third-order valence-corrected chi connectivity index (χ3v) is 4.14. The molecule has 0 spiro atoms. The summed E-state index contributed by atoms with van der Waals surface area (Å²) in [6, 6.07) is 0. The van der Waals surface area contributed by atoms with Crippen molar-refractivity contribution in [3.8, 4) is 0 Å². The van der Waals surface area contributed by atoms with Crippen molar-refractivity contribution >= 4 is 11.9 Å². The zero-order chi connectivity index (χ0) is 15.0. The van der Waals surface area contributed by atoms with E-state index >= 15 is 0 Å². The highest BCUT2D eigenvalue weighted by atomic mass is 17.2.